The van der Waals surface area contributed by atoms with Crippen LogP contribution in [0.5, 0.6) is 0 Å². The van der Waals surface area contributed by atoms with Gasteiger partial charge in [-0.25, -0.2) is 9.18 Å². The van der Waals surface area contributed by atoms with E-state index in [1.807, 2.05) is 12.1 Å². The number of carboxylic acid groups (broad SMARTS) is 1. The zero-order valence-electron chi connectivity index (χ0n) is 15.5. The standard InChI is InChI=1S/C21H24ClFN2O2/c1-13(2)25-9-8-19(20(25)15-6-7-17(22)18(23)11-15)24-12-14-4-3-5-16(10-14)21(26)27/h3-7,10-11,13,19-20,24H,8-9,12H2,1-2H3,(H,26,27). The molecular formula is C21H24ClFN2O2. The molecule has 1 saturated heterocycles. The summed E-state index contributed by atoms with van der Waals surface area (Å²) in [5, 5.41) is 12.8. The molecule has 0 saturated carbocycles. The number of rotatable bonds is 6. The molecule has 0 bridgehead atoms. The molecule has 3 rings (SSSR count). The lowest BCUT2D eigenvalue weighted by Gasteiger charge is -2.32. The largest absolute Gasteiger partial charge is 0.478 e. The van der Waals surface area contributed by atoms with Crippen molar-refractivity contribution in [1.82, 2.24) is 10.2 Å². The summed E-state index contributed by atoms with van der Waals surface area (Å²) >= 11 is 5.85. The molecule has 1 fully saturated rings. The Balaban J connectivity index is 1.79. The predicted octanol–water partition coefficient (Wildman–Crippen LogP) is 4.49. The number of likely N-dealkylation sites (tertiary alicyclic amines) is 1. The van der Waals surface area contributed by atoms with Gasteiger partial charge < -0.3 is 10.4 Å². The summed E-state index contributed by atoms with van der Waals surface area (Å²) in [7, 11) is 0. The number of nitrogens with one attached hydrogen (secondary N) is 1. The first-order chi connectivity index (χ1) is 12.9. The van der Waals surface area contributed by atoms with Crippen LogP contribution in [-0.4, -0.2) is 34.6 Å². The van der Waals surface area contributed by atoms with E-state index in [1.165, 1.54) is 6.07 Å². The number of carboxylic acids is 1. The Morgan fingerprint density at radius 2 is 2.11 bits per heavy atom. The van der Waals surface area contributed by atoms with Crippen LogP contribution in [0, 0.1) is 5.82 Å². The van der Waals surface area contributed by atoms with Gasteiger partial charge in [-0.15, -0.1) is 0 Å². The lowest BCUT2D eigenvalue weighted by Crippen LogP contribution is -2.38. The topological polar surface area (TPSA) is 52.6 Å². The summed E-state index contributed by atoms with van der Waals surface area (Å²) in [5.41, 5.74) is 2.10. The van der Waals surface area contributed by atoms with E-state index in [-0.39, 0.29) is 22.7 Å². The van der Waals surface area contributed by atoms with Crippen LogP contribution in [0.4, 0.5) is 4.39 Å². The fourth-order valence-corrected chi connectivity index (χ4v) is 3.91. The summed E-state index contributed by atoms with van der Waals surface area (Å²) in [6.07, 6.45) is 0.936. The maximum absolute atomic E-state index is 14.0. The minimum absolute atomic E-state index is 0.0411. The number of carbonyl (C=O) groups is 1. The van der Waals surface area contributed by atoms with E-state index >= 15 is 0 Å². The van der Waals surface area contributed by atoms with E-state index in [0.717, 1.165) is 24.1 Å². The van der Waals surface area contributed by atoms with Crippen LogP contribution in [-0.2, 0) is 6.54 Å². The molecule has 2 unspecified atom stereocenters. The maximum atomic E-state index is 14.0. The highest BCUT2D eigenvalue weighted by atomic mass is 35.5. The van der Waals surface area contributed by atoms with E-state index in [9.17, 15) is 9.18 Å². The van der Waals surface area contributed by atoms with Crippen molar-refractivity contribution in [3.05, 3.63) is 70.0 Å². The van der Waals surface area contributed by atoms with Gasteiger partial charge in [0.25, 0.3) is 0 Å². The number of halogens is 2. The molecular weight excluding hydrogens is 367 g/mol. The molecule has 0 aliphatic carbocycles. The molecule has 2 atom stereocenters. The first-order valence-electron chi connectivity index (χ1n) is 9.13. The van der Waals surface area contributed by atoms with E-state index in [2.05, 4.69) is 24.1 Å². The highest BCUT2D eigenvalue weighted by Gasteiger charge is 2.36. The second-order valence-corrected chi connectivity index (χ2v) is 7.64. The number of hydrogen-bond acceptors (Lipinski definition) is 3. The van der Waals surface area contributed by atoms with Crippen molar-refractivity contribution in [2.45, 2.75) is 44.9 Å². The van der Waals surface area contributed by atoms with Crippen molar-refractivity contribution in [3.8, 4) is 0 Å². The molecule has 2 N–H and O–H groups in total. The molecule has 4 nitrogen and oxygen atoms in total. The number of nitrogens with zero attached hydrogens (tertiary/aromatic N) is 1. The minimum atomic E-state index is -0.932. The van der Waals surface area contributed by atoms with Crippen LogP contribution in [0.2, 0.25) is 5.02 Å². The van der Waals surface area contributed by atoms with Crippen molar-refractivity contribution in [2.75, 3.05) is 6.54 Å². The smallest absolute Gasteiger partial charge is 0.335 e. The van der Waals surface area contributed by atoms with Crippen LogP contribution >= 0.6 is 11.6 Å². The zero-order valence-corrected chi connectivity index (χ0v) is 16.2. The van der Waals surface area contributed by atoms with Gasteiger partial charge in [-0.05, 0) is 55.7 Å². The minimum Gasteiger partial charge on any atom is -0.478 e. The molecule has 0 amide bonds. The Morgan fingerprint density at radius 3 is 2.78 bits per heavy atom. The second kappa shape index (κ2) is 8.38. The Kier molecular flexibility index (Phi) is 6.15. The molecule has 1 aliphatic heterocycles. The van der Waals surface area contributed by atoms with Gasteiger partial charge in [-0.1, -0.05) is 29.8 Å². The van der Waals surface area contributed by atoms with Crippen molar-refractivity contribution in [3.63, 3.8) is 0 Å². The van der Waals surface area contributed by atoms with Crippen LogP contribution in [0.3, 0.4) is 0 Å². The molecule has 0 aromatic heterocycles. The predicted molar refractivity (Wildman–Crippen MR) is 105 cm³/mol. The maximum Gasteiger partial charge on any atom is 0.335 e. The average molecular weight is 391 g/mol. The van der Waals surface area contributed by atoms with Crippen molar-refractivity contribution in [1.29, 1.82) is 0 Å². The summed E-state index contributed by atoms with van der Waals surface area (Å²) < 4.78 is 14.0. The van der Waals surface area contributed by atoms with E-state index in [4.69, 9.17) is 16.7 Å². The Morgan fingerprint density at radius 1 is 1.33 bits per heavy atom. The molecule has 144 valence electrons. The SMILES string of the molecule is CC(C)N1CCC(NCc2cccc(C(=O)O)c2)C1c1ccc(Cl)c(F)c1. The lowest BCUT2D eigenvalue weighted by atomic mass is 9.98. The Bertz CT molecular complexity index is 828. The summed E-state index contributed by atoms with van der Waals surface area (Å²) in [6, 6.07) is 12.5. The normalized spacial score (nSPS) is 20.3. The molecule has 1 heterocycles. The van der Waals surface area contributed by atoms with Crippen LogP contribution in [0.15, 0.2) is 42.5 Å². The van der Waals surface area contributed by atoms with E-state index in [1.54, 1.807) is 24.3 Å². The third-order valence-electron chi connectivity index (χ3n) is 5.13. The van der Waals surface area contributed by atoms with Crippen LogP contribution in [0.25, 0.3) is 0 Å². The van der Waals surface area contributed by atoms with Crippen molar-refractivity contribution in [2.24, 2.45) is 0 Å². The fraction of sp³-hybridized carbons (Fsp3) is 0.381. The first kappa shape index (κ1) is 19.8. The quantitative estimate of drug-likeness (QED) is 0.763. The van der Waals surface area contributed by atoms with Crippen LogP contribution < -0.4 is 5.32 Å². The van der Waals surface area contributed by atoms with Gasteiger partial charge in [-0.3, -0.25) is 4.90 Å². The molecule has 2 aromatic rings. The Hall–Kier alpha value is -1.95. The van der Waals surface area contributed by atoms with Gasteiger partial charge in [0.15, 0.2) is 0 Å². The first-order valence-corrected chi connectivity index (χ1v) is 9.51. The van der Waals surface area contributed by atoms with Gasteiger partial charge in [0.05, 0.1) is 16.6 Å². The molecule has 6 heteroatoms. The molecule has 2 aromatic carbocycles. The lowest BCUT2D eigenvalue weighted by molar-refractivity contribution is 0.0696. The monoisotopic (exact) mass is 390 g/mol. The van der Waals surface area contributed by atoms with Gasteiger partial charge in [0.2, 0.25) is 0 Å². The summed E-state index contributed by atoms with van der Waals surface area (Å²) in [6.45, 7) is 5.75. The summed E-state index contributed by atoms with van der Waals surface area (Å²) in [4.78, 5) is 13.5. The van der Waals surface area contributed by atoms with E-state index in [0.29, 0.717) is 12.6 Å². The number of benzene rings is 2. The number of hydrogen-bond donors (Lipinski definition) is 2. The van der Waals surface area contributed by atoms with E-state index < -0.39 is 11.8 Å². The third kappa shape index (κ3) is 4.49. The van der Waals surface area contributed by atoms with Crippen LogP contribution in [0.1, 0.15) is 47.8 Å². The number of aromatic carboxylic acids is 1. The van der Waals surface area contributed by atoms with Crippen molar-refractivity contribution < 1.29 is 14.3 Å². The third-order valence-corrected chi connectivity index (χ3v) is 5.43. The molecule has 1 aliphatic rings. The zero-order chi connectivity index (χ0) is 19.6. The van der Waals surface area contributed by atoms with Gasteiger partial charge in [-0.2, -0.15) is 0 Å². The van der Waals surface area contributed by atoms with Gasteiger partial charge >= 0.3 is 5.97 Å². The molecule has 27 heavy (non-hydrogen) atoms. The van der Waals surface area contributed by atoms with Gasteiger partial charge in [0, 0.05) is 25.2 Å². The molecule has 0 spiro atoms. The summed E-state index contributed by atoms with van der Waals surface area (Å²) in [5.74, 6) is -1.34. The molecule has 0 radical (unpaired) electrons. The highest BCUT2D eigenvalue weighted by Crippen LogP contribution is 2.35. The average Bonchev–Trinajstić information content (AvgIpc) is 3.07. The van der Waals surface area contributed by atoms with Crippen molar-refractivity contribution >= 4 is 17.6 Å². The van der Waals surface area contributed by atoms with Gasteiger partial charge in [0.1, 0.15) is 5.82 Å². The Labute approximate surface area is 164 Å². The second-order valence-electron chi connectivity index (χ2n) is 7.23. The highest BCUT2D eigenvalue weighted by molar-refractivity contribution is 6.30. The fourth-order valence-electron chi connectivity index (χ4n) is 3.79.